The van der Waals surface area contributed by atoms with Gasteiger partial charge in [0.2, 0.25) is 0 Å². The van der Waals surface area contributed by atoms with E-state index in [-0.39, 0.29) is 25.1 Å². The number of hydrogen-bond donors (Lipinski definition) is 2. The molecule has 174 valence electrons. The van der Waals surface area contributed by atoms with Crippen molar-refractivity contribution in [3.05, 3.63) is 65.0 Å². The van der Waals surface area contributed by atoms with Crippen LogP contribution in [0.15, 0.2) is 42.5 Å². The summed E-state index contributed by atoms with van der Waals surface area (Å²) >= 11 is 0. The number of carboxylic acid groups (broad SMARTS) is 1. The van der Waals surface area contributed by atoms with Crippen molar-refractivity contribution < 1.29 is 41.7 Å². The highest BCUT2D eigenvalue weighted by Gasteiger charge is 2.31. The Morgan fingerprint density at radius 3 is 2.31 bits per heavy atom. The number of aliphatic carboxylic acids is 1. The summed E-state index contributed by atoms with van der Waals surface area (Å²) in [5, 5.41) is 11.5. The topological polar surface area (TPSA) is 84.9 Å². The first-order valence-corrected chi connectivity index (χ1v) is 9.74. The quantitative estimate of drug-likeness (QED) is 0.528. The Morgan fingerprint density at radius 2 is 1.75 bits per heavy atom. The Hall–Kier alpha value is -3.14. The number of halogens is 4. The van der Waals surface area contributed by atoms with Crippen LogP contribution in [0.3, 0.4) is 0 Å². The van der Waals surface area contributed by atoms with Crippen molar-refractivity contribution in [2.75, 3.05) is 6.61 Å². The molecule has 32 heavy (non-hydrogen) atoms. The molecule has 1 amide bonds. The molecule has 0 aromatic heterocycles. The number of amides is 1. The first-order chi connectivity index (χ1) is 15.0. The second-order valence-corrected chi connectivity index (χ2v) is 6.95. The molecule has 0 fully saturated rings. The second kappa shape index (κ2) is 10.9. The molecule has 0 aliphatic carbocycles. The van der Waals surface area contributed by atoms with Crippen LogP contribution in [0, 0.1) is 5.82 Å². The number of nitrogens with one attached hydrogen (secondary N) is 1. The fourth-order valence-electron chi connectivity index (χ4n) is 2.84. The first kappa shape index (κ1) is 25.1. The number of carbonyl (C=O) groups is 2. The summed E-state index contributed by atoms with van der Waals surface area (Å²) in [6.07, 6.45) is -6.49. The van der Waals surface area contributed by atoms with Crippen LogP contribution in [0.5, 0.6) is 5.75 Å². The van der Waals surface area contributed by atoms with E-state index < -0.39 is 41.6 Å². The van der Waals surface area contributed by atoms with E-state index in [1.165, 1.54) is 6.92 Å². The van der Waals surface area contributed by atoms with Gasteiger partial charge in [-0.05, 0) is 55.3 Å². The fourth-order valence-corrected chi connectivity index (χ4v) is 2.84. The molecule has 2 aromatic carbocycles. The van der Waals surface area contributed by atoms with Gasteiger partial charge >= 0.3 is 12.1 Å². The third kappa shape index (κ3) is 7.52. The van der Waals surface area contributed by atoms with Gasteiger partial charge in [-0.2, -0.15) is 13.2 Å². The van der Waals surface area contributed by atoms with E-state index in [4.69, 9.17) is 14.6 Å². The molecule has 0 spiro atoms. The standard InChI is InChI=1S/C22H23F4NO5/c1-3-31-19(21(29)30)10-14-4-6-18(7-5-14)32-13(2)20(28)27-12-15-8-16(22(24,25)26)11-17(23)9-15/h4-9,11,13,19H,3,10,12H2,1-2H3,(H,27,28)(H,29,30)/t13?,19-/m1/s1. The Balaban J connectivity index is 1.93. The lowest BCUT2D eigenvalue weighted by Crippen LogP contribution is -2.36. The van der Waals surface area contributed by atoms with Gasteiger partial charge in [0.25, 0.3) is 5.91 Å². The Bertz CT molecular complexity index is 931. The molecule has 0 saturated heterocycles. The smallest absolute Gasteiger partial charge is 0.416 e. The molecule has 0 saturated carbocycles. The minimum atomic E-state index is -4.70. The van der Waals surface area contributed by atoms with E-state index in [0.29, 0.717) is 17.4 Å². The van der Waals surface area contributed by atoms with Gasteiger partial charge in [0.15, 0.2) is 12.2 Å². The minimum Gasteiger partial charge on any atom is -0.481 e. The van der Waals surface area contributed by atoms with E-state index in [9.17, 15) is 27.2 Å². The Labute approximate surface area is 182 Å². The van der Waals surface area contributed by atoms with Gasteiger partial charge in [0.1, 0.15) is 11.6 Å². The number of carbonyl (C=O) groups excluding carboxylic acids is 1. The number of rotatable bonds is 10. The average molecular weight is 457 g/mol. The van der Waals surface area contributed by atoms with Crippen LogP contribution in [0.1, 0.15) is 30.5 Å². The zero-order chi connectivity index (χ0) is 23.9. The number of benzene rings is 2. The fraction of sp³-hybridized carbons (Fsp3) is 0.364. The van der Waals surface area contributed by atoms with E-state index in [1.54, 1.807) is 31.2 Å². The van der Waals surface area contributed by atoms with E-state index in [0.717, 1.165) is 12.1 Å². The summed E-state index contributed by atoms with van der Waals surface area (Å²) < 4.78 is 62.5. The molecular formula is C22H23F4NO5. The summed E-state index contributed by atoms with van der Waals surface area (Å²) in [5.41, 5.74) is -0.480. The lowest BCUT2D eigenvalue weighted by Gasteiger charge is -2.16. The van der Waals surface area contributed by atoms with Crippen molar-refractivity contribution in [2.24, 2.45) is 0 Å². The maximum Gasteiger partial charge on any atom is 0.416 e. The van der Waals surface area contributed by atoms with Crippen LogP contribution in [0.4, 0.5) is 17.6 Å². The van der Waals surface area contributed by atoms with Gasteiger partial charge in [-0.15, -0.1) is 0 Å². The zero-order valence-corrected chi connectivity index (χ0v) is 17.4. The summed E-state index contributed by atoms with van der Waals surface area (Å²) in [6, 6.07) is 8.46. The van der Waals surface area contributed by atoms with Crippen molar-refractivity contribution >= 4 is 11.9 Å². The molecule has 0 aliphatic heterocycles. The maximum absolute atomic E-state index is 13.4. The summed E-state index contributed by atoms with van der Waals surface area (Å²) in [5.74, 6) is -2.39. The average Bonchev–Trinajstić information content (AvgIpc) is 2.71. The van der Waals surface area contributed by atoms with Gasteiger partial charge in [-0.3, -0.25) is 4.79 Å². The molecule has 0 radical (unpaired) electrons. The highest BCUT2D eigenvalue weighted by atomic mass is 19.4. The molecule has 10 heteroatoms. The highest BCUT2D eigenvalue weighted by molar-refractivity contribution is 5.80. The normalized spacial score (nSPS) is 13.3. The van der Waals surface area contributed by atoms with Gasteiger partial charge in [-0.25, -0.2) is 9.18 Å². The van der Waals surface area contributed by atoms with Gasteiger partial charge in [0, 0.05) is 19.6 Å². The molecular weight excluding hydrogens is 434 g/mol. The van der Waals surface area contributed by atoms with Gasteiger partial charge in [-0.1, -0.05) is 12.1 Å². The van der Waals surface area contributed by atoms with Crippen LogP contribution in [0.25, 0.3) is 0 Å². The molecule has 2 rings (SSSR count). The van der Waals surface area contributed by atoms with E-state index in [1.807, 2.05) is 0 Å². The molecule has 2 N–H and O–H groups in total. The van der Waals surface area contributed by atoms with Crippen LogP contribution >= 0.6 is 0 Å². The Kier molecular flexibility index (Phi) is 8.59. The third-order valence-corrected chi connectivity index (χ3v) is 4.42. The molecule has 0 bridgehead atoms. The van der Waals surface area contributed by atoms with E-state index in [2.05, 4.69) is 5.32 Å². The van der Waals surface area contributed by atoms with Crippen LogP contribution in [-0.2, 0) is 33.5 Å². The van der Waals surface area contributed by atoms with E-state index >= 15 is 0 Å². The molecule has 0 heterocycles. The zero-order valence-electron chi connectivity index (χ0n) is 17.4. The lowest BCUT2D eigenvalue weighted by atomic mass is 10.1. The lowest BCUT2D eigenvalue weighted by molar-refractivity contribution is -0.150. The van der Waals surface area contributed by atoms with Crippen LogP contribution in [0.2, 0.25) is 0 Å². The van der Waals surface area contributed by atoms with Crippen molar-refractivity contribution in [3.63, 3.8) is 0 Å². The number of hydrogen-bond acceptors (Lipinski definition) is 4. The number of ether oxygens (including phenoxy) is 2. The monoisotopic (exact) mass is 457 g/mol. The minimum absolute atomic E-state index is 0.0375. The predicted octanol–water partition coefficient (Wildman–Crippen LogP) is 3.96. The van der Waals surface area contributed by atoms with Gasteiger partial charge < -0.3 is 19.9 Å². The predicted molar refractivity (Wildman–Crippen MR) is 107 cm³/mol. The molecule has 1 unspecified atom stereocenters. The third-order valence-electron chi connectivity index (χ3n) is 4.42. The summed E-state index contributed by atoms with van der Waals surface area (Å²) in [7, 11) is 0. The largest absolute Gasteiger partial charge is 0.481 e. The van der Waals surface area contributed by atoms with Crippen LogP contribution < -0.4 is 10.1 Å². The SMILES string of the molecule is CCO[C@H](Cc1ccc(OC(C)C(=O)NCc2cc(F)cc(C(F)(F)F)c2)cc1)C(=O)O. The summed E-state index contributed by atoms with van der Waals surface area (Å²) in [4.78, 5) is 23.4. The number of alkyl halides is 3. The van der Waals surface area contributed by atoms with Crippen molar-refractivity contribution in [2.45, 2.75) is 45.2 Å². The Morgan fingerprint density at radius 1 is 1.09 bits per heavy atom. The molecule has 0 aliphatic rings. The molecule has 2 aromatic rings. The molecule has 6 nitrogen and oxygen atoms in total. The summed E-state index contributed by atoms with van der Waals surface area (Å²) in [6.45, 7) is 3.10. The number of carboxylic acids is 1. The van der Waals surface area contributed by atoms with Crippen molar-refractivity contribution in [3.8, 4) is 5.75 Å². The second-order valence-electron chi connectivity index (χ2n) is 6.95. The maximum atomic E-state index is 13.4. The van der Waals surface area contributed by atoms with Gasteiger partial charge in [0.05, 0.1) is 5.56 Å². The first-order valence-electron chi connectivity index (χ1n) is 9.74. The van der Waals surface area contributed by atoms with Crippen LogP contribution in [-0.4, -0.2) is 35.8 Å². The van der Waals surface area contributed by atoms with Crippen molar-refractivity contribution in [1.29, 1.82) is 0 Å². The molecule has 2 atom stereocenters. The highest BCUT2D eigenvalue weighted by Crippen LogP contribution is 2.30. The van der Waals surface area contributed by atoms with Crippen molar-refractivity contribution in [1.82, 2.24) is 5.32 Å².